The fourth-order valence-corrected chi connectivity index (χ4v) is 2.09. The second kappa shape index (κ2) is 9.42. The van der Waals surface area contributed by atoms with Gasteiger partial charge in [-0.2, -0.15) is 0 Å². The van der Waals surface area contributed by atoms with Gasteiger partial charge in [0.25, 0.3) is 0 Å². The molecule has 0 aromatic heterocycles. The summed E-state index contributed by atoms with van der Waals surface area (Å²) in [6.07, 6.45) is 4.77. The van der Waals surface area contributed by atoms with Crippen molar-refractivity contribution in [1.82, 2.24) is 10.6 Å². The van der Waals surface area contributed by atoms with Crippen LogP contribution >= 0.6 is 0 Å². The van der Waals surface area contributed by atoms with E-state index in [1.165, 1.54) is 12.8 Å². The van der Waals surface area contributed by atoms with Crippen molar-refractivity contribution < 1.29 is 9.90 Å². The third kappa shape index (κ3) is 15.6. The van der Waals surface area contributed by atoms with Crippen LogP contribution in [0.25, 0.3) is 0 Å². The van der Waals surface area contributed by atoms with E-state index in [0.717, 1.165) is 13.0 Å². The standard InChI is InChI=1S/C17H36N2O2/c1-16(2,3)12-7-8-13-18-14(20)10-9-11-15(21)19-17(4,5)6/h14,18,20H,7-13H2,1-6H3,(H,19,21). The van der Waals surface area contributed by atoms with Crippen molar-refractivity contribution >= 4 is 5.91 Å². The molecule has 0 bridgehead atoms. The molecule has 0 aromatic carbocycles. The van der Waals surface area contributed by atoms with Crippen LogP contribution in [0.5, 0.6) is 0 Å². The predicted molar refractivity (Wildman–Crippen MR) is 89.1 cm³/mol. The molecule has 0 saturated carbocycles. The van der Waals surface area contributed by atoms with Crippen molar-refractivity contribution in [3.8, 4) is 0 Å². The van der Waals surface area contributed by atoms with Gasteiger partial charge in [0.1, 0.15) is 6.23 Å². The molecule has 0 heterocycles. The Morgan fingerprint density at radius 1 is 1.05 bits per heavy atom. The molecule has 3 N–H and O–H groups in total. The molecule has 0 aliphatic heterocycles. The van der Waals surface area contributed by atoms with Gasteiger partial charge in [-0.05, 0) is 58.4 Å². The van der Waals surface area contributed by atoms with Crippen molar-refractivity contribution in [1.29, 1.82) is 0 Å². The van der Waals surface area contributed by atoms with Crippen LogP contribution in [0.15, 0.2) is 0 Å². The maximum atomic E-state index is 11.6. The van der Waals surface area contributed by atoms with Gasteiger partial charge >= 0.3 is 0 Å². The topological polar surface area (TPSA) is 61.4 Å². The van der Waals surface area contributed by atoms with E-state index in [0.29, 0.717) is 24.7 Å². The Balaban J connectivity index is 3.55. The minimum atomic E-state index is -0.498. The van der Waals surface area contributed by atoms with Gasteiger partial charge in [0.05, 0.1) is 0 Å². The van der Waals surface area contributed by atoms with E-state index >= 15 is 0 Å². The third-order valence-electron chi connectivity index (χ3n) is 3.13. The Bertz CT molecular complexity index is 290. The van der Waals surface area contributed by atoms with Crippen LogP contribution in [0, 0.1) is 5.41 Å². The lowest BCUT2D eigenvalue weighted by Crippen LogP contribution is -2.40. The second-order valence-corrected chi connectivity index (χ2v) is 8.18. The lowest BCUT2D eigenvalue weighted by atomic mass is 9.90. The number of carbonyl (C=O) groups excluding carboxylic acids is 1. The molecule has 0 aromatic rings. The number of hydrogen-bond acceptors (Lipinski definition) is 3. The number of amides is 1. The molecule has 4 nitrogen and oxygen atoms in total. The van der Waals surface area contributed by atoms with E-state index < -0.39 is 6.23 Å². The highest BCUT2D eigenvalue weighted by atomic mass is 16.3. The zero-order valence-corrected chi connectivity index (χ0v) is 14.9. The van der Waals surface area contributed by atoms with Crippen LogP contribution in [0.3, 0.4) is 0 Å². The first-order chi connectivity index (χ1) is 9.49. The Labute approximate surface area is 131 Å². The summed E-state index contributed by atoms with van der Waals surface area (Å²) in [5.74, 6) is 0.0554. The quantitative estimate of drug-likeness (QED) is 0.453. The predicted octanol–water partition coefficient (Wildman–Crippen LogP) is 3.20. The summed E-state index contributed by atoms with van der Waals surface area (Å²) in [5.41, 5.74) is 0.208. The maximum Gasteiger partial charge on any atom is 0.220 e. The van der Waals surface area contributed by atoms with Crippen molar-refractivity contribution in [2.75, 3.05) is 6.54 Å². The largest absolute Gasteiger partial charge is 0.379 e. The van der Waals surface area contributed by atoms with Gasteiger partial charge in [-0.3, -0.25) is 10.1 Å². The lowest BCUT2D eigenvalue weighted by molar-refractivity contribution is -0.122. The first kappa shape index (κ1) is 20.4. The number of aliphatic hydroxyl groups excluding tert-OH is 1. The van der Waals surface area contributed by atoms with E-state index in [2.05, 4.69) is 31.4 Å². The van der Waals surface area contributed by atoms with Crippen LogP contribution < -0.4 is 10.6 Å². The molecule has 0 rings (SSSR count). The van der Waals surface area contributed by atoms with Gasteiger partial charge in [-0.15, -0.1) is 0 Å². The van der Waals surface area contributed by atoms with Gasteiger partial charge < -0.3 is 10.4 Å². The van der Waals surface area contributed by atoms with Crippen LogP contribution in [0.4, 0.5) is 0 Å². The van der Waals surface area contributed by atoms with Crippen LogP contribution in [-0.4, -0.2) is 29.3 Å². The highest BCUT2D eigenvalue weighted by molar-refractivity contribution is 5.76. The molecule has 126 valence electrons. The number of nitrogens with one attached hydrogen (secondary N) is 2. The van der Waals surface area contributed by atoms with Gasteiger partial charge in [0.2, 0.25) is 5.91 Å². The van der Waals surface area contributed by atoms with Gasteiger partial charge in [0.15, 0.2) is 0 Å². The highest BCUT2D eigenvalue weighted by Gasteiger charge is 2.14. The van der Waals surface area contributed by atoms with Crippen molar-refractivity contribution in [3.63, 3.8) is 0 Å². The Hall–Kier alpha value is -0.610. The Morgan fingerprint density at radius 2 is 1.67 bits per heavy atom. The molecule has 1 atom stereocenters. The fourth-order valence-electron chi connectivity index (χ4n) is 2.09. The number of aliphatic hydroxyl groups is 1. The molecule has 1 unspecified atom stereocenters. The minimum absolute atomic E-state index is 0.0554. The molecule has 1 amide bonds. The summed E-state index contributed by atoms with van der Waals surface area (Å²) in [6, 6.07) is 0. The van der Waals surface area contributed by atoms with E-state index in [9.17, 15) is 9.90 Å². The molecule has 0 aliphatic carbocycles. The van der Waals surface area contributed by atoms with Crippen molar-refractivity contribution in [2.45, 2.75) is 91.8 Å². The van der Waals surface area contributed by atoms with E-state index in [1.807, 2.05) is 20.8 Å². The number of unbranched alkanes of at least 4 members (excludes halogenated alkanes) is 1. The Morgan fingerprint density at radius 3 is 2.19 bits per heavy atom. The first-order valence-electron chi connectivity index (χ1n) is 8.22. The number of carbonyl (C=O) groups is 1. The normalized spacial score (nSPS) is 14.0. The second-order valence-electron chi connectivity index (χ2n) is 8.18. The average Bonchev–Trinajstić information content (AvgIpc) is 2.24. The zero-order chi connectivity index (χ0) is 16.5. The smallest absolute Gasteiger partial charge is 0.220 e. The molecular weight excluding hydrogens is 264 g/mol. The monoisotopic (exact) mass is 300 g/mol. The summed E-state index contributed by atoms with van der Waals surface area (Å²) >= 11 is 0. The van der Waals surface area contributed by atoms with E-state index in [1.54, 1.807) is 0 Å². The van der Waals surface area contributed by atoms with Crippen molar-refractivity contribution in [3.05, 3.63) is 0 Å². The SMILES string of the molecule is CC(C)(C)CCCCNC(O)CCCC(=O)NC(C)(C)C. The number of hydrogen-bond donors (Lipinski definition) is 3. The van der Waals surface area contributed by atoms with Gasteiger partial charge in [-0.1, -0.05) is 27.2 Å². The summed E-state index contributed by atoms with van der Waals surface area (Å²) in [6.45, 7) is 13.5. The first-order valence-corrected chi connectivity index (χ1v) is 8.22. The van der Waals surface area contributed by atoms with Crippen LogP contribution in [-0.2, 0) is 4.79 Å². The third-order valence-corrected chi connectivity index (χ3v) is 3.13. The summed E-state index contributed by atoms with van der Waals surface area (Å²) < 4.78 is 0. The molecule has 21 heavy (non-hydrogen) atoms. The molecule has 0 spiro atoms. The highest BCUT2D eigenvalue weighted by Crippen LogP contribution is 2.21. The lowest BCUT2D eigenvalue weighted by Gasteiger charge is -2.20. The maximum absolute atomic E-state index is 11.6. The zero-order valence-electron chi connectivity index (χ0n) is 14.9. The number of rotatable bonds is 9. The molecule has 0 saturated heterocycles. The molecular formula is C17H36N2O2. The molecule has 0 aliphatic rings. The summed E-state index contributed by atoms with van der Waals surface area (Å²) in [4.78, 5) is 11.6. The van der Waals surface area contributed by atoms with Gasteiger partial charge in [-0.25, -0.2) is 0 Å². The van der Waals surface area contributed by atoms with Crippen LogP contribution in [0.2, 0.25) is 0 Å². The summed E-state index contributed by atoms with van der Waals surface area (Å²) in [5, 5.41) is 15.9. The molecule has 4 heteroatoms. The molecule has 0 fully saturated rings. The van der Waals surface area contributed by atoms with Gasteiger partial charge in [0, 0.05) is 12.0 Å². The average molecular weight is 300 g/mol. The van der Waals surface area contributed by atoms with Crippen LogP contribution in [0.1, 0.15) is 80.1 Å². The minimum Gasteiger partial charge on any atom is -0.379 e. The van der Waals surface area contributed by atoms with E-state index in [4.69, 9.17) is 0 Å². The summed E-state index contributed by atoms with van der Waals surface area (Å²) in [7, 11) is 0. The van der Waals surface area contributed by atoms with Crippen molar-refractivity contribution in [2.24, 2.45) is 5.41 Å². The van der Waals surface area contributed by atoms with E-state index in [-0.39, 0.29) is 11.4 Å². The Kier molecular flexibility index (Phi) is 9.14. The molecule has 0 radical (unpaired) electrons. The fraction of sp³-hybridized carbons (Fsp3) is 0.941.